The molecule has 0 radical (unpaired) electrons. The minimum absolute atomic E-state index is 0.168. The van der Waals surface area contributed by atoms with E-state index < -0.39 is 0 Å². The second kappa shape index (κ2) is 7.73. The van der Waals surface area contributed by atoms with Crippen LogP contribution in [0.25, 0.3) is 33.6 Å². The van der Waals surface area contributed by atoms with Gasteiger partial charge in [-0.05, 0) is 29.3 Å². The zero-order chi connectivity index (χ0) is 24.3. The Labute approximate surface area is 213 Å². The molecule has 2 heteroatoms. The number of hydrogen-bond acceptors (Lipinski definition) is 0. The van der Waals surface area contributed by atoms with Gasteiger partial charge in [0.1, 0.15) is 0 Å². The average molecular weight is 467 g/mol. The molecule has 2 aromatic heterocycles. The highest BCUT2D eigenvalue weighted by Crippen LogP contribution is 2.56. The third kappa shape index (κ3) is 2.47. The van der Waals surface area contributed by atoms with E-state index in [-0.39, 0.29) is 11.1 Å². The number of nitrogens with zero attached hydrogens (tertiary/aromatic N) is 2. The van der Waals surface area contributed by atoms with E-state index in [9.17, 15) is 0 Å². The molecule has 7 rings (SSSR count). The van der Waals surface area contributed by atoms with E-state index in [2.05, 4.69) is 145 Å². The van der Waals surface area contributed by atoms with Crippen molar-refractivity contribution in [1.29, 1.82) is 0 Å². The Kier molecular flexibility index (Phi) is 4.56. The summed E-state index contributed by atoms with van der Waals surface area (Å²) in [6, 6.07) is 40.2. The van der Waals surface area contributed by atoms with Gasteiger partial charge < -0.3 is 0 Å². The predicted molar refractivity (Wildman–Crippen MR) is 144 cm³/mol. The second-order valence-electron chi connectivity index (χ2n) is 10.0. The first-order chi connectivity index (χ1) is 17.8. The first-order valence-corrected chi connectivity index (χ1v) is 13.1. The normalized spacial score (nSPS) is 18.3. The van der Waals surface area contributed by atoms with Crippen molar-refractivity contribution in [2.75, 3.05) is 0 Å². The number of rotatable bonds is 3. The molecular formula is C34H30N2+2. The summed E-state index contributed by atoms with van der Waals surface area (Å²) in [5.41, 5.74) is 10.0. The summed E-state index contributed by atoms with van der Waals surface area (Å²) in [6.07, 6.45) is 6.68. The van der Waals surface area contributed by atoms with Crippen LogP contribution in [0.5, 0.6) is 0 Å². The zero-order valence-corrected chi connectivity index (χ0v) is 20.9. The molecule has 1 unspecified atom stereocenters. The first-order valence-electron chi connectivity index (χ1n) is 13.1. The average Bonchev–Trinajstić information content (AvgIpc) is 3.25. The van der Waals surface area contributed by atoms with Crippen molar-refractivity contribution >= 4 is 0 Å². The molecular weight excluding hydrogens is 436 g/mol. The molecule has 36 heavy (non-hydrogen) atoms. The number of benzene rings is 3. The van der Waals surface area contributed by atoms with Crippen LogP contribution in [-0.4, -0.2) is 0 Å². The highest BCUT2D eigenvalue weighted by atomic mass is 15.2. The third-order valence-electron chi connectivity index (χ3n) is 8.77. The number of pyridine rings is 2. The van der Waals surface area contributed by atoms with E-state index in [0.717, 1.165) is 12.8 Å². The lowest BCUT2D eigenvalue weighted by atomic mass is 9.61. The van der Waals surface area contributed by atoms with E-state index in [1.54, 1.807) is 0 Å². The van der Waals surface area contributed by atoms with Gasteiger partial charge in [0.15, 0.2) is 12.4 Å². The lowest BCUT2D eigenvalue weighted by Gasteiger charge is -2.43. The van der Waals surface area contributed by atoms with Gasteiger partial charge in [0.05, 0.1) is 11.1 Å². The van der Waals surface area contributed by atoms with Gasteiger partial charge in [0, 0.05) is 48.2 Å². The Morgan fingerprint density at radius 1 is 0.528 bits per heavy atom. The van der Waals surface area contributed by atoms with E-state index in [0.29, 0.717) is 0 Å². The zero-order valence-electron chi connectivity index (χ0n) is 20.9. The molecule has 0 fully saturated rings. The Bertz CT molecular complexity index is 1610. The van der Waals surface area contributed by atoms with Crippen LogP contribution in [0, 0.1) is 0 Å². The SMILES string of the molecule is CCC1(CC)[n+]2ccccc2-c2ccccc2C12c1ccccc1-c1cc(-c3ccccc3)cc[n+]12. The van der Waals surface area contributed by atoms with Crippen LogP contribution in [-0.2, 0) is 11.1 Å². The van der Waals surface area contributed by atoms with Crippen molar-refractivity contribution < 1.29 is 9.13 Å². The van der Waals surface area contributed by atoms with Crippen LogP contribution < -0.4 is 9.13 Å². The number of fused-ring (bicyclic) bond motifs is 9. The van der Waals surface area contributed by atoms with Gasteiger partial charge in [-0.3, -0.25) is 0 Å². The van der Waals surface area contributed by atoms with E-state index in [1.165, 1.54) is 44.8 Å². The molecule has 1 spiro atoms. The molecule has 0 saturated heterocycles. The molecule has 2 aliphatic heterocycles. The largest absolute Gasteiger partial charge is 0.284 e. The molecule has 174 valence electrons. The van der Waals surface area contributed by atoms with Crippen molar-refractivity contribution in [3.8, 4) is 33.6 Å². The van der Waals surface area contributed by atoms with Crippen LogP contribution in [0.2, 0.25) is 0 Å². The van der Waals surface area contributed by atoms with E-state index in [1.807, 2.05) is 0 Å². The highest BCUT2D eigenvalue weighted by Gasteiger charge is 2.73. The van der Waals surface area contributed by atoms with Crippen molar-refractivity contribution in [3.05, 3.63) is 133 Å². The molecule has 1 atom stereocenters. The Hall–Kier alpha value is -4.04. The van der Waals surface area contributed by atoms with E-state index in [4.69, 9.17) is 0 Å². The molecule has 4 heterocycles. The number of aromatic nitrogens is 2. The van der Waals surface area contributed by atoms with Gasteiger partial charge in [0.25, 0.3) is 5.54 Å². The topological polar surface area (TPSA) is 7.76 Å². The molecule has 0 amide bonds. The van der Waals surface area contributed by atoms with Gasteiger partial charge in [0.2, 0.25) is 16.9 Å². The Morgan fingerprint density at radius 2 is 1.14 bits per heavy atom. The predicted octanol–water partition coefficient (Wildman–Crippen LogP) is 6.90. The second-order valence-corrected chi connectivity index (χ2v) is 10.0. The lowest BCUT2D eigenvalue weighted by Crippen LogP contribution is -2.78. The first kappa shape index (κ1) is 21.3. The van der Waals surface area contributed by atoms with Crippen LogP contribution in [0.3, 0.4) is 0 Å². The van der Waals surface area contributed by atoms with Crippen LogP contribution in [0.15, 0.2) is 122 Å². The third-order valence-corrected chi connectivity index (χ3v) is 8.77. The molecule has 0 saturated carbocycles. The summed E-state index contributed by atoms with van der Waals surface area (Å²) in [5.74, 6) is 0. The summed E-state index contributed by atoms with van der Waals surface area (Å²) in [5, 5.41) is 0. The summed E-state index contributed by atoms with van der Waals surface area (Å²) < 4.78 is 5.18. The monoisotopic (exact) mass is 466 g/mol. The van der Waals surface area contributed by atoms with Gasteiger partial charge in [-0.1, -0.05) is 80.6 Å². The smallest absolute Gasteiger partial charge is 0.185 e. The lowest BCUT2D eigenvalue weighted by molar-refractivity contribution is -0.856. The quantitative estimate of drug-likeness (QED) is 0.256. The highest BCUT2D eigenvalue weighted by molar-refractivity contribution is 5.76. The maximum Gasteiger partial charge on any atom is 0.284 e. The van der Waals surface area contributed by atoms with Crippen molar-refractivity contribution in [3.63, 3.8) is 0 Å². The van der Waals surface area contributed by atoms with Crippen LogP contribution in [0.4, 0.5) is 0 Å². The van der Waals surface area contributed by atoms with Crippen molar-refractivity contribution in [2.24, 2.45) is 0 Å². The fourth-order valence-electron chi connectivity index (χ4n) is 7.30. The molecule has 0 N–H and O–H groups in total. The molecule has 5 aromatic rings. The number of hydrogen-bond donors (Lipinski definition) is 0. The minimum atomic E-state index is -0.354. The van der Waals surface area contributed by atoms with Gasteiger partial charge in [-0.25, -0.2) is 0 Å². The fourth-order valence-corrected chi connectivity index (χ4v) is 7.30. The van der Waals surface area contributed by atoms with Crippen LogP contribution in [0.1, 0.15) is 37.8 Å². The molecule has 2 aliphatic rings. The molecule has 0 aliphatic carbocycles. The van der Waals surface area contributed by atoms with Crippen molar-refractivity contribution in [1.82, 2.24) is 0 Å². The summed E-state index contributed by atoms with van der Waals surface area (Å²) in [7, 11) is 0. The Morgan fingerprint density at radius 3 is 1.83 bits per heavy atom. The summed E-state index contributed by atoms with van der Waals surface area (Å²) in [6.45, 7) is 4.73. The van der Waals surface area contributed by atoms with E-state index >= 15 is 0 Å². The maximum absolute atomic E-state index is 2.60. The fraction of sp³-hybridized carbons (Fsp3) is 0.176. The van der Waals surface area contributed by atoms with Gasteiger partial charge in [-0.15, -0.1) is 0 Å². The molecule has 0 bridgehead atoms. The van der Waals surface area contributed by atoms with Gasteiger partial charge >= 0.3 is 0 Å². The maximum atomic E-state index is 2.60. The Balaban J connectivity index is 1.65. The molecule has 3 aromatic carbocycles. The molecule has 2 nitrogen and oxygen atoms in total. The summed E-state index contributed by atoms with van der Waals surface area (Å²) in [4.78, 5) is 0. The van der Waals surface area contributed by atoms with Crippen molar-refractivity contribution in [2.45, 2.75) is 37.8 Å². The summed E-state index contributed by atoms with van der Waals surface area (Å²) >= 11 is 0. The van der Waals surface area contributed by atoms with Gasteiger partial charge in [-0.2, -0.15) is 9.13 Å². The standard InChI is InChI=1S/C34H30N2/c1-3-33(4-2)34(29-18-10-8-16-27(29)31-20-12-13-22-35(31)33)30-19-11-9-17-28(30)32-24-26(21-23-36(32)34)25-14-6-5-7-15-25/h5-24H,3-4H2,1-2H3/q+2. The van der Waals surface area contributed by atoms with Crippen LogP contribution >= 0.6 is 0 Å². The minimum Gasteiger partial charge on any atom is -0.185 e.